The summed E-state index contributed by atoms with van der Waals surface area (Å²) in [5, 5.41) is 0. The molecule has 0 fully saturated rings. The number of aromatic amines is 4. The molecule has 8 aromatic heterocycles. The molecule has 272 valence electrons. The zero-order valence-corrected chi connectivity index (χ0v) is 28.9. The second kappa shape index (κ2) is 13.5. The predicted molar refractivity (Wildman–Crippen MR) is 186 cm³/mol. The van der Waals surface area contributed by atoms with Crippen molar-refractivity contribution in [3.63, 3.8) is 0 Å². The van der Waals surface area contributed by atoms with Gasteiger partial charge >= 0.3 is 22.8 Å². The van der Waals surface area contributed by atoms with Gasteiger partial charge in [0.2, 0.25) is 0 Å². The quantitative estimate of drug-likeness (QED) is 0.116. The Morgan fingerprint density at radius 3 is 0.673 bits per heavy atom. The molecular formula is C28H32N16O8. The molecule has 0 amide bonds. The molecule has 52 heavy (non-hydrogen) atoms. The summed E-state index contributed by atoms with van der Waals surface area (Å²) in [5.74, 6) is 0. The van der Waals surface area contributed by atoms with E-state index in [-0.39, 0.29) is 45.0 Å². The number of hydrogen-bond donors (Lipinski definition) is 4. The molecule has 4 N–H and O–H groups in total. The third kappa shape index (κ3) is 5.81. The highest BCUT2D eigenvalue weighted by molar-refractivity contribution is 5.70. The number of rotatable bonds is 0. The Bertz CT molecular complexity index is 2720. The van der Waals surface area contributed by atoms with Crippen LogP contribution in [0.1, 0.15) is 0 Å². The van der Waals surface area contributed by atoms with Crippen molar-refractivity contribution in [1.82, 2.24) is 76.4 Å². The number of hydrogen-bond acceptors (Lipinski definition) is 12. The molecule has 0 saturated heterocycles. The molecule has 0 spiro atoms. The number of imidazole rings is 4. The van der Waals surface area contributed by atoms with Crippen LogP contribution in [0.25, 0.3) is 44.7 Å². The van der Waals surface area contributed by atoms with Crippen molar-refractivity contribution in [3.05, 3.63) is 109 Å². The fourth-order valence-electron chi connectivity index (χ4n) is 5.08. The van der Waals surface area contributed by atoms with Crippen molar-refractivity contribution >= 4 is 44.7 Å². The minimum Gasteiger partial charge on any atom is -0.339 e. The number of fused-ring (bicyclic) bond motifs is 4. The lowest BCUT2D eigenvalue weighted by atomic mass is 10.5. The van der Waals surface area contributed by atoms with E-state index in [0.717, 1.165) is 18.3 Å². The van der Waals surface area contributed by atoms with E-state index in [1.54, 1.807) is 28.2 Å². The van der Waals surface area contributed by atoms with Crippen LogP contribution in [0.5, 0.6) is 0 Å². The lowest BCUT2D eigenvalue weighted by Crippen LogP contribution is -2.36. The van der Waals surface area contributed by atoms with Gasteiger partial charge in [0.05, 0.1) is 25.3 Å². The third-order valence-corrected chi connectivity index (χ3v) is 8.12. The summed E-state index contributed by atoms with van der Waals surface area (Å²) < 4.78 is 9.48. The van der Waals surface area contributed by atoms with Gasteiger partial charge in [0, 0.05) is 56.4 Å². The molecule has 8 aromatic rings. The smallest absolute Gasteiger partial charge is 0.332 e. The Morgan fingerprint density at radius 2 is 0.500 bits per heavy atom. The number of aromatic nitrogens is 16. The standard InChI is InChI=1S/4C7H8N4O2/c4*1-10-5-4(8-3-9-5)6(12)11(2)7(10)13/h4*3H,1-2H3,(H,8,9). The van der Waals surface area contributed by atoms with Gasteiger partial charge in [-0.25, -0.2) is 39.1 Å². The summed E-state index contributed by atoms with van der Waals surface area (Å²) in [5.41, 5.74) is 0.0478. The van der Waals surface area contributed by atoms with E-state index in [1.807, 2.05) is 0 Å². The number of nitrogens with one attached hydrogen (secondary N) is 4. The van der Waals surface area contributed by atoms with Crippen LogP contribution < -0.4 is 45.0 Å². The maximum atomic E-state index is 11.4. The SMILES string of the molecule is Cn1c(=O)c2[nH]cnc2n(C)c1=O.Cn1c(=O)c2[nH]cnc2n(C)c1=O.Cn1c(=O)c2[nH]cnc2n(C)c1=O.Cn1c(=O)c2[nH]cnc2n(C)c1=O. The monoisotopic (exact) mass is 720 g/mol. The van der Waals surface area contributed by atoms with E-state index < -0.39 is 0 Å². The normalized spacial score (nSPS) is 10.9. The average molecular weight is 721 g/mol. The lowest BCUT2D eigenvalue weighted by molar-refractivity contribution is 0.709. The minimum absolute atomic E-state index is 0.351. The molecule has 8 rings (SSSR count). The topological polar surface area (TPSA) is 291 Å². The molecule has 0 aliphatic rings. The Kier molecular flexibility index (Phi) is 9.31. The molecule has 0 radical (unpaired) electrons. The van der Waals surface area contributed by atoms with Crippen molar-refractivity contribution < 1.29 is 0 Å². The maximum Gasteiger partial charge on any atom is 0.332 e. The van der Waals surface area contributed by atoms with Crippen molar-refractivity contribution in [3.8, 4) is 0 Å². The van der Waals surface area contributed by atoms with E-state index >= 15 is 0 Å². The van der Waals surface area contributed by atoms with Gasteiger partial charge in [-0.1, -0.05) is 0 Å². The van der Waals surface area contributed by atoms with E-state index in [0.29, 0.717) is 44.7 Å². The zero-order chi connectivity index (χ0) is 38.3. The fourth-order valence-corrected chi connectivity index (χ4v) is 5.08. The van der Waals surface area contributed by atoms with Gasteiger partial charge in [-0.3, -0.25) is 55.7 Å². The molecule has 0 aromatic carbocycles. The molecular weight excluding hydrogens is 688 g/mol. The Labute approximate surface area is 286 Å². The van der Waals surface area contributed by atoms with Gasteiger partial charge in [-0.05, 0) is 0 Å². The highest BCUT2D eigenvalue weighted by Gasteiger charge is 2.12. The van der Waals surface area contributed by atoms with Crippen LogP contribution in [0.4, 0.5) is 0 Å². The molecule has 0 atom stereocenters. The second-order valence-corrected chi connectivity index (χ2v) is 11.2. The van der Waals surface area contributed by atoms with Crippen LogP contribution >= 0.6 is 0 Å². The summed E-state index contributed by atoms with van der Waals surface area (Å²) in [6, 6.07) is 0. The molecule has 0 bridgehead atoms. The van der Waals surface area contributed by atoms with Crippen molar-refractivity contribution in [2.75, 3.05) is 0 Å². The second-order valence-electron chi connectivity index (χ2n) is 11.2. The third-order valence-electron chi connectivity index (χ3n) is 8.12. The van der Waals surface area contributed by atoms with E-state index in [9.17, 15) is 38.4 Å². The Morgan fingerprint density at radius 1 is 0.327 bits per heavy atom. The number of aryl methyl sites for hydroxylation is 4. The predicted octanol–water partition coefficient (Wildman–Crippen LogP) is -4.16. The maximum absolute atomic E-state index is 11.4. The van der Waals surface area contributed by atoms with Crippen LogP contribution in [0, 0.1) is 0 Å². The van der Waals surface area contributed by atoms with Gasteiger partial charge < -0.3 is 19.9 Å². The van der Waals surface area contributed by atoms with Crippen molar-refractivity contribution in [2.45, 2.75) is 0 Å². The van der Waals surface area contributed by atoms with Crippen LogP contribution in [0.2, 0.25) is 0 Å². The fraction of sp³-hybridized carbons (Fsp3) is 0.286. The molecule has 24 heteroatoms. The highest BCUT2D eigenvalue weighted by atomic mass is 16.2. The summed E-state index contributed by atoms with van der Waals surface area (Å²) in [6.45, 7) is 0. The van der Waals surface area contributed by atoms with Gasteiger partial charge in [0.25, 0.3) is 22.2 Å². The Hall–Kier alpha value is -7.40. The molecule has 0 aliphatic heterocycles. The van der Waals surface area contributed by atoms with E-state index in [1.165, 1.54) is 71.8 Å². The van der Waals surface area contributed by atoms with E-state index in [2.05, 4.69) is 39.9 Å². The first kappa shape index (κ1) is 35.9. The van der Waals surface area contributed by atoms with Crippen LogP contribution in [-0.2, 0) is 56.4 Å². The first-order chi connectivity index (χ1) is 24.5. The van der Waals surface area contributed by atoms with Crippen molar-refractivity contribution in [2.24, 2.45) is 56.4 Å². The van der Waals surface area contributed by atoms with Gasteiger partial charge in [-0.15, -0.1) is 0 Å². The van der Waals surface area contributed by atoms with Crippen molar-refractivity contribution in [1.29, 1.82) is 0 Å². The number of H-pyrrole nitrogens is 4. The summed E-state index contributed by atoms with van der Waals surface area (Å²) in [6.07, 6.45) is 5.58. The molecule has 8 heterocycles. The molecule has 24 nitrogen and oxygen atoms in total. The summed E-state index contributed by atoms with van der Waals surface area (Å²) >= 11 is 0. The Balaban J connectivity index is 0.000000134. The van der Waals surface area contributed by atoms with Crippen LogP contribution in [0.15, 0.2) is 63.7 Å². The number of nitrogens with zero attached hydrogens (tertiary/aromatic N) is 12. The summed E-state index contributed by atoms with van der Waals surface area (Å²) in [7, 11) is 12.0. The van der Waals surface area contributed by atoms with Crippen LogP contribution in [0.3, 0.4) is 0 Å². The van der Waals surface area contributed by atoms with Gasteiger partial charge in [0.1, 0.15) is 22.1 Å². The summed E-state index contributed by atoms with van der Waals surface area (Å²) in [4.78, 5) is 118. The van der Waals surface area contributed by atoms with Crippen LogP contribution in [-0.4, -0.2) is 76.4 Å². The molecule has 0 aliphatic carbocycles. The average Bonchev–Trinajstić information content (AvgIpc) is 3.98. The van der Waals surface area contributed by atoms with Gasteiger partial charge in [-0.2, -0.15) is 0 Å². The first-order valence-electron chi connectivity index (χ1n) is 14.9. The molecule has 0 saturated carbocycles. The lowest BCUT2D eigenvalue weighted by Gasteiger charge is -2.00. The van der Waals surface area contributed by atoms with E-state index in [4.69, 9.17) is 0 Å². The van der Waals surface area contributed by atoms with Gasteiger partial charge in [0.15, 0.2) is 22.6 Å². The molecule has 0 unspecified atom stereocenters. The minimum atomic E-state index is -0.371. The zero-order valence-electron chi connectivity index (χ0n) is 28.9. The highest BCUT2D eigenvalue weighted by Crippen LogP contribution is 2.00. The first-order valence-corrected chi connectivity index (χ1v) is 14.9. The largest absolute Gasteiger partial charge is 0.339 e.